The van der Waals surface area contributed by atoms with Crippen LogP contribution < -0.4 is 5.32 Å². The zero-order chi connectivity index (χ0) is 6.78. The second kappa shape index (κ2) is 2.44. The molecular weight excluding hydrogens is 94.0 g/mol. The molecule has 1 amide bonds. The van der Waals surface area contributed by atoms with Crippen LogP contribution in [0.1, 0.15) is 15.2 Å². The first kappa shape index (κ1) is 4.43. The molecule has 0 aliphatic carbocycles. The van der Waals surface area contributed by atoms with Gasteiger partial charge in [0.1, 0.15) is 0 Å². The Bertz CT molecular complexity index is 96.7. The lowest BCUT2D eigenvalue weighted by Crippen LogP contribution is -2.27. The van der Waals surface area contributed by atoms with E-state index in [9.17, 15) is 4.79 Å². The Morgan fingerprint density at radius 1 is 2.00 bits per heavy atom. The molecule has 42 valence electrons. The van der Waals surface area contributed by atoms with Crippen molar-refractivity contribution in [3.63, 3.8) is 0 Å². The van der Waals surface area contributed by atoms with E-state index in [0.717, 1.165) is 0 Å². The van der Waals surface area contributed by atoms with Gasteiger partial charge in [-0.3, -0.25) is 0 Å². The predicted octanol–water partition coefficient (Wildman–Crippen LogP) is 0.662. The van der Waals surface area contributed by atoms with Gasteiger partial charge in [0.05, 0.1) is 1.37 Å². The molecule has 0 unspecified atom stereocenters. The van der Waals surface area contributed by atoms with Crippen LogP contribution in [0.2, 0.25) is 0 Å². The van der Waals surface area contributed by atoms with Gasteiger partial charge in [-0.2, -0.15) is 0 Å². The highest BCUT2D eigenvalue weighted by Gasteiger charge is 1.94. The Morgan fingerprint density at radius 3 is 2.43 bits per heavy atom. The van der Waals surface area contributed by atoms with E-state index < -0.39 is 12.1 Å². The molecule has 2 N–H and O–H groups in total. The highest BCUT2D eigenvalue weighted by molar-refractivity contribution is 5.64. The molecule has 0 saturated carbocycles. The highest BCUT2D eigenvalue weighted by Crippen LogP contribution is 1.72. The van der Waals surface area contributed by atoms with Crippen molar-refractivity contribution >= 4 is 6.09 Å². The lowest BCUT2D eigenvalue weighted by molar-refractivity contribution is 0.191. The van der Waals surface area contributed by atoms with Crippen LogP contribution in [0.3, 0.4) is 0 Å². The lowest BCUT2D eigenvalue weighted by Gasteiger charge is -2.00. The third kappa shape index (κ3) is 5.27. The third-order valence-electron chi connectivity index (χ3n) is 0.357. The van der Waals surface area contributed by atoms with Crippen molar-refractivity contribution in [3.8, 4) is 0 Å². The fourth-order valence-electron chi connectivity index (χ4n) is 0.214. The number of rotatable bonds is 1. The summed E-state index contributed by atoms with van der Waals surface area (Å²) >= 11 is 0. The molecule has 0 radical (unpaired) electrons. The Labute approximate surface area is 43.7 Å². The van der Waals surface area contributed by atoms with Crippen LogP contribution in [-0.4, -0.2) is 17.2 Å². The smallest absolute Gasteiger partial charge is 0.404 e. The summed E-state index contributed by atoms with van der Waals surface area (Å²) in [6.07, 6.45) is -1.16. The van der Waals surface area contributed by atoms with Crippen molar-refractivity contribution in [1.82, 2.24) is 5.32 Å². The molecule has 3 nitrogen and oxygen atoms in total. The van der Waals surface area contributed by atoms with Crippen molar-refractivity contribution in [1.29, 1.82) is 0 Å². The van der Waals surface area contributed by atoms with Gasteiger partial charge in [0.2, 0.25) is 0 Å². The van der Waals surface area contributed by atoms with E-state index >= 15 is 0 Å². The first-order valence-electron chi connectivity index (χ1n) is 2.43. The van der Waals surface area contributed by atoms with Gasteiger partial charge in [0.15, 0.2) is 0 Å². The lowest BCUT2D eigenvalue weighted by atomic mass is 10.4. The summed E-state index contributed by atoms with van der Waals surface area (Å²) in [6.45, 7) is 2.92. The predicted molar refractivity (Wildman–Crippen MR) is 26.3 cm³/mol. The van der Waals surface area contributed by atoms with E-state index in [1.807, 2.05) is 5.32 Å². The fourth-order valence-corrected chi connectivity index (χ4v) is 0.214. The minimum absolute atomic E-state index is 1.08. The van der Waals surface area contributed by atoms with Gasteiger partial charge in [-0.05, 0) is 13.8 Å². The summed E-state index contributed by atoms with van der Waals surface area (Å²) in [5, 5.41) is 9.98. The molecule has 3 heteroatoms. The summed E-state index contributed by atoms with van der Waals surface area (Å²) in [4.78, 5) is 9.78. The molecule has 0 heterocycles. The largest absolute Gasteiger partial charge is 0.465 e. The van der Waals surface area contributed by atoms with E-state index in [1.165, 1.54) is 13.8 Å². The standard InChI is InChI=1S/C4H9NO2/c1-3(2)5-4(6)7/h3,5H,1-2H3,(H,6,7)/i3D. The molecule has 7 heavy (non-hydrogen) atoms. The molecule has 0 aromatic heterocycles. The number of nitrogens with one attached hydrogen (secondary N) is 1. The molecule has 0 fully saturated rings. The molecule has 0 spiro atoms. The van der Waals surface area contributed by atoms with Crippen molar-refractivity contribution in [2.75, 3.05) is 0 Å². The van der Waals surface area contributed by atoms with Gasteiger partial charge in [0, 0.05) is 6.02 Å². The molecule has 0 aromatic carbocycles. The van der Waals surface area contributed by atoms with Crippen molar-refractivity contribution in [2.45, 2.75) is 19.9 Å². The Kier molecular flexibility index (Phi) is 1.55. The monoisotopic (exact) mass is 104 g/mol. The molecule has 0 aromatic rings. The Morgan fingerprint density at radius 2 is 2.43 bits per heavy atom. The number of carboxylic acid groups (broad SMARTS) is 1. The Hall–Kier alpha value is -0.730. The molecule has 0 bridgehead atoms. The summed E-state index contributed by atoms with van der Waals surface area (Å²) in [5.74, 6) is 0. The quantitative estimate of drug-likeness (QED) is 0.513. The molecule has 0 rings (SSSR count). The average Bonchev–Trinajstić information content (AvgIpc) is 1.21. The van der Waals surface area contributed by atoms with E-state index in [0.29, 0.717) is 0 Å². The van der Waals surface area contributed by atoms with Gasteiger partial charge in [0.25, 0.3) is 0 Å². The van der Waals surface area contributed by atoms with Crippen LogP contribution in [0.4, 0.5) is 4.79 Å². The maximum absolute atomic E-state index is 9.78. The minimum Gasteiger partial charge on any atom is -0.465 e. The van der Waals surface area contributed by atoms with Crippen molar-refractivity contribution in [2.24, 2.45) is 0 Å². The highest BCUT2D eigenvalue weighted by atomic mass is 16.4. The second-order valence-electron chi connectivity index (χ2n) is 1.43. The normalized spacial score (nSPS) is 12.6. The fraction of sp³-hybridized carbons (Fsp3) is 0.750. The zero-order valence-electron chi connectivity index (χ0n) is 5.36. The number of carbonyl (C=O) groups is 1. The number of amides is 1. The van der Waals surface area contributed by atoms with Gasteiger partial charge in [-0.15, -0.1) is 0 Å². The second-order valence-corrected chi connectivity index (χ2v) is 1.43. The molecule has 0 aliphatic heterocycles. The maximum Gasteiger partial charge on any atom is 0.404 e. The van der Waals surface area contributed by atoms with Gasteiger partial charge in [-0.25, -0.2) is 4.79 Å². The average molecular weight is 104 g/mol. The minimum atomic E-state index is -1.16. The van der Waals surface area contributed by atoms with E-state index in [4.69, 9.17) is 6.48 Å². The van der Waals surface area contributed by atoms with Crippen molar-refractivity contribution in [3.05, 3.63) is 0 Å². The van der Waals surface area contributed by atoms with Crippen LogP contribution in [0.15, 0.2) is 0 Å². The molecule has 0 aliphatic rings. The van der Waals surface area contributed by atoms with Crippen molar-refractivity contribution < 1.29 is 11.3 Å². The topological polar surface area (TPSA) is 49.3 Å². The maximum atomic E-state index is 9.78. The number of hydrogen-bond acceptors (Lipinski definition) is 1. The van der Waals surface area contributed by atoms with Gasteiger partial charge >= 0.3 is 6.09 Å². The van der Waals surface area contributed by atoms with E-state index in [2.05, 4.69) is 0 Å². The number of hydrogen-bond donors (Lipinski definition) is 2. The summed E-state index contributed by atoms with van der Waals surface area (Å²) in [7, 11) is 0. The molecule has 0 atom stereocenters. The summed E-state index contributed by atoms with van der Waals surface area (Å²) in [6, 6.07) is -1.08. The first-order valence-corrected chi connectivity index (χ1v) is 1.93. The molecular formula is C4H9NO2. The van der Waals surface area contributed by atoms with Crippen LogP contribution in [0, 0.1) is 0 Å². The summed E-state index contributed by atoms with van der Waals surface area (Å²) < 4.78 is 6.97. The SMILES string of the molecule is [2H]C(C)(C)NC(=O)O. The molecule has 0 saturated heterocycles. The van der Waals surface area contributed by atoms with Crippen LogP contribution in [0.25, 0.3) is 0 Å². The Balaban J connectivity index is 3.55. The first-order chi connectivity index (χ1) is 3.42. The zero-order valence-corrected chi connectivity index (χ0v) is 4.36. The van der Waals surface area contributed by atoms with E-state index in [-0.39, 0.29) is 0 Å². The summed E-state index contributed by atoms with van der Waals surface area (Å²) in [5.41, 5.74) is 0. The van der Waals surface area contributed by atoms with Crippen LogP contribution >= 0.6 is 0 Å². The van der Waals surface area contributed by atoms with Crippen LogP contribution in [-0.2, 0) is 0 Å². The van der Waals surface area contributed by atoms with E-state index in [1.54, 1.807) is 0 Å². The van der Waals surface area contributed by atoms with Gasteiger partial charge in [-0.1, -0.05) is 0 Å². The van der Waals surface area contributed by atoms with Gasteiger partial charge < -0.3 is 10.4 Å². The third-order valence-corrected chi connectivity index (χ3v) is 0.357. The van der Waals surface area contributed by atoms with Crippen LogP contribution in [0.5, 0.6) is 0 Å².